The minimum atomic E-state index is 0.894. The predicted octanol–water partition coefficient (Wildman–Crippen LogP) is 1.24. The summed E-state index contributed by atoms with van der Waals surface area (Å²) in [5.41, 5.74) is 0.894. The van der Waals surface area contributed by atoms with E-state index >= 15 is 0 Å². The zero-order valence-electron chi connectivity index (χ0n) is 9.83. The van der Waals surface area contributed by atoms with Crippen molar-refractivity contribution in [3.8, 4) is 0 Å². The summed E-state index contributed by atoms with van der Waals surface area (Å²) in [7, 11) is 0. The van der Waals surface area contributed by atoms with Gasteiger partial charge in [-0.3, -0.25) is 4.40 Å². The number of nitrogens with zero attached hydrogens (tertiary/aromatic N) is 5. The van der Waals surface area contributed by atoms with E-state index in [0.717, 1.165) is 36.8 Å². The van der Waals surface area contributed by atoms with E-state index in [1.165, 1.54) is 11.5 Å². The molecule has 0 bridgehead atoms. The van der Waals surface area contributed by atoms with Crippen LogP contribution in [0.1, 0.15) is 12.7 Å². The largest absolute Gasteiger partial charge is 0.355 e. The summed E-state index contributed by atoms with van der Waals surface area (Å²) in [4.78, 5) is 7.05. The Kier molecular flexibility index (Phi) is 2.88. The van der Waals surface area contributed by atoms with E-state index in [9.17, 15) is 0 Å². The second kappa shape index (κ2) is 4.52. The van der Waals surface area contributed by atoms with Gasteiger partial charge in [0.15, 0.2) is 5.65 Å². The van der Waals surface area contributed by atoms with Gasteiger partial charge in [-0.2, -0.15) is 11.8 Å². The van der Waals surface area contributed by atoms with E-state index in [2.05, 4.69) is 22.0 Å². The molecular weight excluding hydrogens is 234 g/mol. The highest BCUT2D eigenvalue weighted by molar-refractivity contribution is 7.99. The Morgan fingerprint density at radius 3 is 2.94 bits per heavy atom. The third kappa shape index (κ3) is 1.97. The lowest BCUT2D eigenvalue weighted by atomic mass is 10.4. The molecule has 2 aromatic heterocycles. The summed E-state index contributed by atoms with van der Waals surface area (Å²) in [6, 6.07) is 2.03. The normalized spacial score (nSPS) is 16.6. The molecule has 1 aliphatic rings. The average Bonchev–Trinajstić information content (AvgIpc) is 2.86. The van der Waals surface area contributed by atoms with Gasteiger partial charge in [-0.15, -0.1) is 10.2 Å². The zero-order chi connectivity index (χ0) is 11.7. The Hall–Kier alpha value is -1.30. The SMILES string of the molecule is CCc1nc(N2CCSCC2)cc2nncn12. The summed E-state index contributed by atoms with van der Waals surface area (Å²) in [5, 5.41) is 8.07. The molecule has 90 valence electrons. The molecule has 0 radical (unpaired) electrons. The lowest BCUT2D eigenvalue weighted by Crippen LogP contribution is -2.33. The zero-order valence-corrected chi connectivity index (χ0v) is 10.7. The van der Waals surface area contributed by atoms with Crippen molar-refractivity contribution in [3.63, 3.8) is 0 Å². The molecule has 0 N–H and O–H groups in total. The first kappa shape index (κ1) is 10.8. The summed E-state index contributed by atoms with van der Waals surface area (Å²) < 4.78 is 1.96. The van der Waals surface area contributed by atoms with Crippen LogP contribution in [0.3, 0.4) is 0 Å². The van der Waals surface area contributed by atoms with Crippen LogP contribution in [-0.2, 0) is 6.42 Å². The number of hydrogen-bond donors (Lipinski definition) is 0. The van der Waals surface area contributed by atoms with Gasteiger partial charge in [-0.1, -0.05) is 6.92 Å². The van der Waals surface area contributed by atoms with E-state index in [1.807, 2.05) is 22.2 Å². The number of hydrogen-bond acceptors (Lipinski definition) is 5. The Morgan fingerprint density at radius 2 is 2.18 bits per heavy atom. The van der Waals surface area contributed by atoms with Crippen molar-refractivity contribution in [1.29, 1.82) is 0 Å². The molecule has 0 unspecified atom stereocenters. The Labute approximate surface area is 104 Å². The molecule has 0 spiro atoms. The number of rotatable bonds is 2. The number of fused-ring (bicyclic) bond motifs is 1. The van der Waals surface area contributed by atoms with Gasteiger partial charge in [0.05, 0.1) is 0 Å². The van der Waals surface area contributed by atoms with Crippen LogP contribution in [0.15, 0.2) is 12.4 Å². The van der Waals surface area contributed by atoms with Crippen molar-refractivity contribution in [2.24, 2.45) is 0 Å². The molecule has 0 aromatic carbocycles. The summed E-state index contributed by atoms with van der Waals surface area (Å²) >= 11 is 2.01. The molecular formula is C11H15N5S. The van der Waals surface area contributed by atoms with Crippen LogP contribution < -0.4 is 4.90 Å². The molecule has 1 saturated heterocycles. The highest BCUT2D eigenvalue weighted by atomic mass is 32.2. The van der Waals surface area contributed by atoms with Crippen molar-refractivity contribution in [2.45, 2.75) is 13.3 Å². The second-order valence-electron chi connectivity index (χ2n) is 4.04. The first-order valence-corrected chi connectivity index (χ1v) is 7.06. The monoisotopic (exact) mass is 249 g/mol. The first-order valence-electron chi connectivity index (χ1n) is 5.91. The van der Waals surface area contributed by atoms with Gasteiger partial charge in [0.25, 0.3) is 0 Å². The van der Waals surface area contributed by atoms with Gasteiger partial charge in [0.1, 0.15) is 18.0 Å². The number of aryl methyl sites for hydroxylation is 1. The average molecular weight is 249 g/mol. The van der Waals surface area contributed by atoms with Gasteiger partial charge in [-0.05, 0) is 0 Å². The highest BCUT2D eigenvalue weighted by Gasteiger charge is 2.15. The maximum atomic E-state index is 4.71. The minimum absolute atomic E-state index is 0.894. The van der Waals surface area contributed by atoms with Crippen molar-refractivity contribution in [3.05, 3.63) is 18.2 Å². The quantitative estimate of drug-likeness (QED) is 0.801. The van der Waals surface area contributed by atoms with Crippen molar-refractivity contribution in [2.75, 3.05) is 29.5 Å². The van der Waals surface area contributed by atoms with E-state index in [4.69, 9.17) is 4.98 Å². The fourth-order valence-corrected chi connectivity index (χ4v) is 2.98. The van der Waals surface area contributed by atoms with Crippen molar-refractivity contribution >= 4 is 23.2 Å². The first-order chi connectivity index (χ1) is 8.38. The lowest BCUT2D eigenvalue weighted by molar-refractivity contribution is 0.810. The van der Waals surface area contributed by atoms with Gasteiger partial charge < -0.3 is 4.90 Å². The fraction of sp³-hybridized carbons (Fsp3) is 0.545. The van der Waals surface area contributed by atoms with E-state index in [-0.39, 0.29) is 0 Å². The van der Waals surface area contributed by atoms with Crippen LogP contribution >= 0.6 is 11.8 Å². The standard InChI is InChI=1S/C11H15N5S/c1-2-9-13-10(15-3-5-17-6-4-15)7-11-14-12-8-16(9)11/h7-8H,2-6H2,1H3. The molecule has 1 aliphatic heterocycles. The summed E-state index contributed by atoms with van der Waals surface area (Å²) in [5.74, 6) is 4.44. The van der Waals surface area contributed by atoms with E-state index in [0.29, 0.717) is 0 Å². The molecule has 1 fully saturated rings. The van der Waals surface area contributed by atoms with Crippen LogP contribution in [0, 0.1) is 0 Å². The molecule has 0 atom stereocenters. The van der Waals surface area contributed by atoms with Crippen LogP contribution in [0.2, 0.25) is 0 Å². The molecule has 0 aliphatic carbocycles. The van der Waals surface area contributed by atoms with Crippen molar-refractivity contribution in [1.82, 2.24) is 19.6 Å². The molecule has 3 heterocycles. The molecule has 3 rings (SSSR count). The maximum absolute atomic E-state index is 4.71. The third-order valence-corrected chi connectivity index (χ3v) is 3.95. The molecule has 2 aromatic rings. The fourth-order valence-electron chi connectivity index (χ4n) is 2.08. The third-order valence-electron chi connectivity index (χ3n) is 3.01. The van der Waals surface area contributed by atoms with Crippen LogP contribution in [0.5, 0.6) is 0 Å². The maximum Gasteiger partial charge on any atom is 0.165 e. The van der Waals surface area contributed by atoms with Gasteiger partial charge in [0.2, 0.25) is 0 Å². The van der Waals surface area contributed by atoms with Gasteiger partial charge in [0, 0.05) is 37.1 Å². The Bertz CT molecular complexity index is 518. The topological polar surface area (TPSA) is 46.3 Å². The van der Waals surface area contributed by atoms with Crippen LogP contribution in [0.4, 0.5) is 5.82 Å². The summed E-state index contributed by atoms with van der Waals surface area (Å²) in [6.07, 6.45) is 2.63. The Balaban J connectivity index is 2.03. The molecule has 0 amide bonds. The molecule has 0 saturated carbocycles. The number of aromatic nitrogens is 4. The van der Waals surface area contributed by atoms with Crippen LogP contribution in [-0.4, -0.2) is 44.2 Å². The molecule has 17 heavy (non-hydrogen) atoms. The molecule has 5 nitrogen and oxygen atoms in total. The van der Waals surface area contributed by atoms with Crippen molar-refractivity contribution < 1.29 is 0 Å². The van der Waals surface area contributed by atoms with E-state index < -0.39 is 0 Å². The van der Waals surface area contributed by atoms with Gasteiger partial charge in [-0.25, -0.2) is 4.98 Å². The number of anilines is 1. The molecule has 6 heteroatoms. The lowest BCUT2D eigenvalue weighted by Gasteiger charge is -2.27. The Morgan fingerprint density at radius 1 is 1.35 bits per heavy atom. The minimum Gasteiger partial charge on any atom is -0.355 e. The van der Waals surface area contributed by atoms with E-state index in [1.54, 1.807) is 6.33 Å². The predicted molar refractivity (Wildman–Crippen MR) is 69.7 cm³/mol. The smallest absolute Gasteiger partial charge is 0.165 e. The number of thioether (sulfide) groups is 1. The second-order valence-corrected chi connectivity index (χ2v) is 5.27. The van der Waals surface area contributed by atoms with Gasteiger partial charge >= 0.3 is 0 Å². The van der Waals surface area contributed by atoms with Crippen LogP contribution in [0.25, 0.3) is 5.65 Å². The summed E-state index contributed by atoms with van der Waals surface area (Å²) in [6.45, 7) is 4.26. The highest BCUT2D eigenvalue weighted by Crippen LogP contribution is 2.19.